The third-order valence-electron chi connectivity index (χ3n) is 5.90. The van der Waals surface area contributed by atoms with Gasteiger partial charge in [-0.3, -0.25) is 14.4 Å². The van der Waals surface area contributed by atoms with E-state index in [2.05, 4.69) is 10.00 Å². The van der Waals surface area contributed by atoms with Crippen molar-refractivity contribution in [3.63, 3.8) is 0 Å². The zero-order chi connectivity index (χ0) is 20.7. The van der Waals surface area contributed by atoms with E-state index in [1.807, 2.05) is 18.2 Å². The number of benzene rings is 1. The van der Waals surface area contributed by atoms with Crippen molar-refractivity contribution < 1.29 is 23.0 Å². The molecule has 0 N–H and O–H groups in total. The molecule has 0 atom stereocenters. The molecule has 1 aromatic heterocycles. The third-order valence-corrected chi connectivity index (χ3v) is 5.90. The highest BCUT2D eigenvalue weighted by Crippen LogP contribution is 2.41. The van der Waals surface area contributed by atoms with Gasteiger partial charge in [-0.15, -0.1) is 0 Å². The van der Waals surface area contributed by atoms with Crippen molar-refractivity contribution >= 4 is 5.91 Å². The Morgan fingerprint density at radius 2 is 1.87 bits per heavy atom. The van der Waals surface area contributed by atoms with Crippen LogP contribution in [-0.4, -0.2) is 58.5 Å². The van der Waals surface area contributed by atoms with Crippen molar-refractivity contribution in [3.8, 4) is 11.5 Å². The fourth-order valence-corrected chi connectivity index (χ4v) is 4.07. The van der Waals surface area contributed by atoms with E-state index < -0.39 is 6.43 Å². The van der Waals surface area contributed by atoms with E-state index in [1.54, 1.807) is 4.90 Å². The molecule has 0 radical (unpaired) electrons. The third kappa shape index (κ3) is 3.98. The number of carbonyl (C=O) groups excluding carboxylic acids is 1. The summed E-state index contributed by atoms with van der Waals surface area (Å²) in [5.74, 6) is 1.74. The van der Waals surface area contributed by atoms with Crippen LogP contribution in [0.4, 0.5) is 8.78 Å². The molecule has 1 aromatic carbocycles. The molecule has 0 unspecified atom stereocenters. The van der Waals surface area contributed by atoms with Crippen LogP contribution in [0.15, 0.2) is 24.3 Å². The molecule has 9 heteroatoms. The molecule has 1 aliphatic carbocycles. The lowest BCUT2D eigenvalue weighted by Crippen LogP contribution is -2.49. The fourth-order valence-electron chi connectivity index (χ4n) is 4.07. The number of piperazine rings is 1. The second-order valence-electron chi connectivity index (χ2n) is 8.07. The van der Waals surface area contributed by atoms with E-state index >= 15 is 0 Å². The molecular weight excluding hydrogens is 394 g/mol. The molecule has 2 aliphatic heterocycles. The summed E-state index contributed by atoms with van der Waals surface area (Å²) in [5, 5.41) is 3.99. The van der Waals surface area contributed by atoms with Gasteiger partial charge in [-0.2, -0.15) is 5.10 Å². The van der Waals surface area contributed by atoms with Crippen molar-refractivity contribution in [3.05, 3.63) is 41.2 Å². The summed E-state index contributed by atoms with van der Waals surface area (Å²) >= 11 is 0. The highest BCUT2D eigenvalue weighted by atomic mass is 19.3. The van der Waals surface area contributed by atoms with Gasteiger partial charge in [0.25, 0.3) is 6.43 Å². The minimum Gasteiger partial charge on any atom is -0.454 e. The number of amides is 1. The topological polar surface area (TPSA) is 59.8 Å². The Kier molecular flexibility index (Phi) is 5.06. The van der Waals surface area contributed by atoms with Gasteiger partial charge in [0.05, 0.1) is 0 Å². The number of aromatic nitrogens is 2. The number of halogens is 2. The average molecular weight is 418 g/mol. The second kappa shape index (κ2) is 7.86. The van der Waals surface area contributed by atoms with Gasteiger partial charge in [0, 0.05) is 44.3 Å². The van der Waals surface area contributed by atoms with Crippen LogP contribution in [0.2, 0.25) is 0 Å². The van der Waals surface area contributed by atoms with Gasteiger partial charge in [0.1, 0.15) is 12.2 Å². The minimum absolute atomic E-state index is 0.0285. The van der Waals surface area contributed by atoms with Crippen molar-refractivity contribution in [1.29, 1.82) is 0 Å². The summed E-state index contributed by atoms with van der Waals surface area (Å²) in [6.45, 7) is 3.82. The molecule has 3 heterocycles. The lowest BCUT2D eigenvalue weighted by atomic mass is 10.1. The van der Waals surface area contributed by atoms with E-state index in [0.29, 0.717) is 13.1 Å². The first-order valence-electron chi connectivity index (χ1n) is 10.3. The maximum Gasteiger partial charge on any atom is 0.282 e. The van der Waals surface area contributed by atoms with Crippen LogP contribution >= 0.6 is 0 Å². The highest BCUT2D eigenvalue weighted by Gasteiger charge is 2.31. The molecular formula is C21H24F2N4O3. The maximum atomic E-state index is 13.0. The zero-order valence-corrected chi connectivity index (χ0v) is 16.6. The number of fused-ring (bicyclic) bond motifs is 1. The SMILES string of the molecule is O=C(Cn1nc(C(F)F)cc1C1CC1)N1CCN(Cc2ccc3c(c2)OCO3)CC1. The number of carbonyl (C=O) groups is 1. The van der Waals surface area contributed by atoms with Crippen LogP contribution in [0.5, 0.6) is 11.5 Å². The van der Waals surface area contributed by atoms with Gasteiger partial charge in [-0.25, -0.2) is 8.78 Å². The van der Waals surface area contributed by atoms with Crippen LogP contribution in [0.3, 0.4) is 0 Å². The van der Waals surface area contributed by atoms with E-state index in [0.717, 1.165) is 55.2 Å². The lowest BCUT2D eigenvalue weighted by molar-refractivity contribution is -0.133. The summed E-state index contributed by atoms with van der Waals surface area (Å²) in [5.41, 5.74) is 1.67. The summed E-state index contributed by atoms with van der Waals surface area (Å²) in [7, 11) is 0. The number of hydrogen-bond donors (Lipinski definition) is 0. The van der Waals surface area contributed by atoms with Crippen molar-refractivity contribution in [2.75, 3.05) is 33.0 Å². The van der Waals surface area contributed by atoms with Crippen LogP contribution in [0.1, 0.15) is 42.1 Å². The first kappa shape index (κ1) is 19.3. The van der Waals surface area contributed by atoms with E-state index in [1.165, 1.54) is 10.7 Å². The number of ether oxygens (including phenoxy) is 2. The Bertz CT molecular complexity index is 936. The summed E-state index contributed by atoms with van der Waals surface area (Å²) in [6, 6.07) is 7.41. The van der Waals surface area contributed by atoms with Gasteiger partial charge >= 0.3 is 0 Å². The number of alkyl halides is 2. The van der Waals surface area contributed by atoms with Gasteiger partial charge < -0.3 is 14.4 Å². The van der Waals surface area contributed by atoms with Crippen LogP contribution < -0.4 is 9.47 Å². The Labute approximate surface area is 173 Å². The molecule has 0 bridgehead atoms. The molecule has 2 aromatic rings. The fraction of sp³-hybridized carbons (Fsp3) is 0.524. The van der Waals surface area contributed by atoms with Gasteiger partial charge in [-0.05, 0) is 36.6 Å². The van der Waals surface area contributed by atoms with Crippen molar-refractivity contribution in [2.24, 2.45) is 0 Å². The standard InChI is InChI=1S/C21H24F2N4O3/c22-21(23)16-10-17(15-2-3-15)27(24-16)12-20(28)26-7-5-25(6-8-26)11-14-1-4-18-19(9-14)30-13-29-18/h1,4,9-10,15,21H,2-3,5-8,11-13H2. The molecule has 1 amide bonds. The van der Waals surface area contributed by atoms with Gasteiger partial charge in [-0.1, -0.05) is 6.07 Å². The van der Waals surface area contributed by atoms with Gasteiger partial charge in [0.2, 0.25) is 12.7 Å². The molecule has 2 fully saturated rings. The first-order valence-corrected chi connectivity index (χ1v) is 10.3. The molecule has 0 spiro atoms. The Hall–Kier alpha value is -2.68. The first-order chi connectivity index (χ1) is 14.6. The predicted octanol–water partition coefficient (Wildman–Crippen LogP) is 2.77. The van der Waals surface area contributed by atoms with Crippen LogP contribution in [0, 0.1) is 0 Å². The predicted molar refractivity (Wildman–Crippen MR) is 104 cm³/mol. The zero-order valence-electron chi connectivity index (χ0n) is 16.6. The molecule has 1 saturated carbocycles. The van der Waals surface area contributed by atoms with Crippen molar-refractivity contribution in [1.82, 2.24) is 19.6 Å². The van der Waals surface area contributed by atoms with E-state index in [4.69, 9.17) is 9.47 Å². The summed E-state index contributed by atoms with van der Waals surface area (Å²) in [6.07, 6.45) is -0.666. The largest absolute Gasteiger partial charge is 0.454 e. The lowest BCUT2D eigenvalue weighted by Gasteiger charge is -2.34. The molecule has 3 aliphatic rings. The monoisotopic (exact) mass is 418 g/mol. The molecule has 160 valence electrons. The second-order valence-corrected chi connectivity index (χ2v) is 8.07. The van der Waals surface area contributed by atoms with Crippen LogP contribution in [-0.2, 0) is 17.9 Å². The van der Waals surface area contributed by atoms with E-state index in [-0.39, 0.29) is 30.9 Å². The average Bonchev–Trinajstić information content (AvgIpc) is 3.32. The van der Waals surface area contributed by atoms with Crippen molar-refractivity contribution in [2.45, 2.75) is 38.3 Å². The molecule has 7 nitrogen and oxygen atoms in total. The highest BCUT2D eigenvalue weighted by molar-refractivity contribution is 5.76. The molecule has 5 rings (SSSR count). The number of rotatable bonds is 6. The minimum atomic E-state index is -2.61. The smallest absolute Gasteiger partial charge is 0.282 e. The Balaban J connectivity index is 1.16. The summed E-state index contributed by atoms with van der Waals surface area (Å²) in [4.78, 5) is 16.9. The van der Waals surface area contributed by atoms with Gasteiger partial charge in [0.15, 0.2) is 11.5 Å². The number of hydrogen-bond acceptors (Lipinski definition) is 5. The summed E-state index contributed by atoms with van der Waals surface area (Å²) < 4.78 is 38.3. The van der Waals surface area contributed by atoms with Crippen LogP contribution in [0.25, 0.3) is 0 Å². The Morgan fingerprint density at radius 3 is 2.60 bits per heavy atom. The molecule has 30 heavy (non-hydrogen) atoms. The molecule has 1 saturated heterocycles. The Morgan fingerprint density at radius 1 is 1.10 bits per heavy atom. The normalized spacial score (nSPS) is 19.0. The van der Waals surface area contributed by atoms with E-state index in [9.17, 15) is 13.6 Å². The quantitative estimate of drug-likeness (QED) is 0.722. The maximum absolute atomic E-state index is 13.0. The number of nitrogens with zero attached hydrogens (tertiary/aromatic N) is 4.